The Hall–Kier alpha value is -2.73. The number of carbonyl (C=O) groups excluding carboxylic acids is 1. The van der Waals surface area contributed by atoms with Gasteiger partial charge in [-0.05, 0) is 23.6 Å². The highest BCUT2D eigenvalue weighted by Gasteiger charge is 2.09. The number of urea groups is 1. The Bertz CT molecular complexity index is 744. The molecule has 22 heavy (non-hydrogen) atoms. The monoisotopic (exact) mass is 310 g/mol. The second kappa shape index (κ2) is 6.82. The van der Waals surface area contributed by atoms with E-state index >= 15 is 0 Å². The van der Waals surface area contributed by atoms with Gasteiger partial charge in [-0.2, -0.15) is 11.3 Å². The molecule has 2 aromatic heterocycles. The highest BCUT2D eigenvalue weighted by atomic mass is 32.1. The van der Waals surface area contributed by atoms with Crippen LogP contribution in [0, 0.1) is 0 Å². The summed E-state index contributed by atoms with van der Waals surface area (Å²) in [4.78, 5) is 20.6. The predicted molar refractivity (Wildman–Crippen MR) is 87.6 cm³/mol. The van der Waals surface area contributed by atoms with Crippen LogP contribution >= 0.6 is 11.3 Å². The molecule has 0 radical (unpaired) electrons. The topological polar surface area (TPSA) is 66.9 Å². The maximum atomic E-state index is 11.9. The van der Waals surface area contributed by atoms with Crippen LogP contribution in [0.1, 0.15) is 5.69 Å². The SMILES string of the molecule is O=C(NCc1nccnc1-c1ccsc1)Nc1ccccc1. The van der Waals surface area contributed by atoms with Gasteiger partial charge < -0.3 is 10.6 Å². The molecule has 2 N–H and O–H groups in total. The summed E-state index contributed by atoms with van der Waals surface area (Å²) in [5.74, 6) is 0. The first-order valence-electron chi connectivity index (χ1n) is 6.75. The average molecular weight is 310 g/mol. The number of carbonyl (C=O) groups is 1. The zero-order valence-corrected chi connectivity index (χ0v) is 12.5. The summed E-state index contributed by atoms with van der Waals surface area (Å²) in [6.45, 7) is 0.317. The Labute approximate surface area is 132 Å². The zero-order valence-electron chi connectivity index (χ0n) is 11.7. The van der Waals surface area contributed by atoms with Crippen LogP contribution in [0.25, 0.3) is 11.3 Å². The van der Waals surface area contributed by atoms with Crippen molar-refractivity contribution < 1.29 is 4.79 Å². The molecule has 5 nitrogen and oxygen atoms in total. The number of rotatable bonds is 4. The van der Waals surface area contributed by atoms with Crippen LogP contribution in [0.3, 0.4) is 0 Å². The van der Waals surface area contributed by atoms with Crippen molar-refractivity contribution in [2.45, 2.75) is 6.54 Å². The molecular formula is C16H14N4OS. The lowest BCUT2D eigenvalue weighted by molar-refractivity contribution is 0.251. The predicted octanol–water partition coefficient (Wildman–Crippen LogP) is 3.53. The first kappa shape index (κ1) is 14.2. The lowest BCUT2D eigenvalue weighted by Gasteiger charge is -2.09. The number of hydrogen-bond donors (Lipinski definition) is 2. The van der Waals surface area contributed by atoms with Crippen molar-refractivity contribution in [3.05, 3.63) is 65.2 Å². The largest absolute Gasteiger partial charge is 0.332 e. The normalized spacial score (nSPS) is 10.2. The smallest absolute Gasteiger partial charge is 0.319 e. The Balaban J connectivity index is 1.66. The summed E-state index contributed by atoms with van der Waals surface area (Å²) in [5, 5.41) is 9.57. The fraction of sp³-hybridized carbons (Fsp3) is 0.0625. The van der Waals surface area contributed by atoms with Gasteiger partial charge in [0.1, 0.15) is 0 Å². The summed E-state index contributed by atoms with van der Waals surface area (Å²) < 4.78 is 0. The average Bonchev–Trinajstić information content (AvgIpc) is 3.08. The van der Waals surface area contributed by atoms with Gasteiger partial charge in [-0.15, -0.1) is 0 Å². The van der Waals surface area contributed by atoms with E-state index in [2.05, 4.69) is 20.6 Å². The van der Waals surface area contributed by atoms with E-state index in [0.717, 1.165) is 22.6 Å². The van der Waals surface area contributed by atoms with E-state index in [1.54, 1.807) is 23.7 Å². The van der Waals surface area contributed by atoms with E-state index in [9.17, 15) is 4.79 Å². The van der Waals surface area contributed by atoms with Crippen LogP contribution in [-0.2, 0) is 6.54 Å². The second-order valence-corrected chi connectivity index (χ2v) is 5.32. The number of anilines is 1. The molecule has 0 bridgehead atoms. The lowest BCUT2D eigenvalue weighted by Crippen LogP contribution is -2.28. The minimum atomic E-state index is -0.270. The molecule has 0 fully saturated rings. The first-order valence-corrected chi connectivity index (χ1v) is 7.69. The van der Waals surface area contributed by atoms with Crippen molar-refractivity contribution in [2.75, 3.05) is 5.32 Å². The second-order valence-electron chi connectivity index (χ2n) is 4.54. The molecule has 2 amide bonds. The molecule has 3 rings (SSSR count). The molecule has 6 heteroatoms. The third-order valence-electron chi connectivity index (χ3n) is 3.02. The van der Waals surface area contributed by atoms with Crippen molar-refractivity contribution >= 4 is 23.1 Å². The van der Waals surface area contributed by atoms with E-state index in [-0.39, 0.29) is 6.03 Å². The maximum absolute atomic E-state index is 11.9. The number of nitrogens with one attached hydrogen (secondary N) is 2. The molecule has 0 aliphatic rings. The van der Waals surface area contributed by atoms with Gasteiger partial charge in [-0.3, -0.25) is 9.97 Å². The lowest BCUT2D eigenvalue weighted by atomic mass is 10.2. The van der Waals surface area contributed by atoms with E-state index in [4.69, 9.17) is 0 Å². The minimum Gasteiger partial charge on any atom is -0.332 e. The highest BCUT2D eigenvalue weighted by Crippen LogP contribution is 2.22. The van der Waals surface area contributed by atoms with Gasteiger partial charge in [0.2, 0.25) is 0 Å². The van der Waals surface area contributed by atoms with Gasteiger partial charge in [0, 0.05) is 29.0 Å². The number of aromatic nitrogens is 2. The number of amides is 2. The number of hydrogen-bond acceptors (Lipinski definition) is 4. The Morgan fingerprint density at radius 3 is 2.68 bits per heavy atom. The van der Waals surface area contributed by atoms with Crippen LogP contribution in [0.2, 0.25) is 0 Å². The third kappa shape index (κ3) is 3.48. The minimum absolute atomic E-state index is 0.270. The van der Waals surface area contributed by atoms with E-state index < -0.39 is 0 Å². The fourth-order valence-electron chi connectivity index (χ4n) is 2.00. The van der Waals surface area contributed by atoms with Crippen LogP contribution < -0.4 is 10.6 Å². The highest BCUT2D eigenvalue weighted by molar-refractivity contribution is 7.08. The maximum Gasteiger partial charge on any atom is 0.319 e. The molecule has 1 aromatic carbocycles. The van der Waals surface area contributed by atoms with Gasteiger partial charge in [-0.25, -0.2) is 4.79 Å². The summed E-state index contributed by atoms with van der Waals surface area (Å²) >= 11 is 1.60. The molecule has 110 valence electrons. The van der Waals surface area contributed by atoms with Crippen molar-refractivity contribution in [1.29, 1.82) is 0 Å². The van der Waals surface area contributed by atoms with Crippen LogP contribution in [-0.4, -0.2) is 16.0 Å². The molecule has 3 aromatic rings. The van der Waals surface area contributed by atoms with Crippen LogP contribution in [0.4, 0.5) is 10.5 Å². The molecule has 0 spiro atoms. The van der Waals surface area contributed by atoms with Gasteiger partial charge in [0.15, 0.2) is 0 Å². The van der Waals surface area contributed by atoms with Gasteiger partial charge in [0.05, 0.1) is 17.9 Å². The van der Waals surface area contributed by atoms with Crippen molar-refractivity contribution in [1.82, 2.24) is 15.3 Å². The summed E-state index contributed by atoms with van der Waals surface area (Å²) in [6, 6.07) is 11.0. The summed E-state index contributed by atoms with van der Waals surface area (Å²) in [6.07, 6.45) is 3.28. The number of benzene rings is 1. The molecule has 0 aliphatic heterocycles. The molecule has 0 saturated carbocycles. The van der Waals surface area contributed by atoms with Crippen LogP contribution in [0.5, 0.6) is 0 Å². The van der Waals surface area contributed by atoms with Gasteiger partial charge >= 0.3 is 6.03 Å². The molecule has 2 heterocycles. The standard InChI is InChI=1S/C16H14N4OS/c21-16(20-13-4-2-1-3-5-13)19-10-14-15(18-8-7-17-14)12-6-9-22-11-12/h1-9,11H,10H2,(H2,19,20,21). The van der Waals surface area contributed by atoms with Gasteiger partial charge in [0.25, 0.3) is 0 Å². The number of para-hydroxylation sites is 1. The van der Waals surface area contributed by atoms with Gasteiger partial charge in [-0.1, -0.05) is 18.2 Å². The molecule has 0 atom stereocenters. The molecule has 0 saturated heterocycles. The summed E-state index contributed by atoms with van der Waals surface area (Å²) in [7, 11) is 0. The van der Waals surface area contributed by atoms with E-state index in [0.29, 0.717) is 6.54 Å². The quantitative estimate of drug-likeness (QED) is 0.774. The van der Waals surface area contributed by atoms with Crippen molar-refractivity contribution in [2.24, 2.45) is 0 Å². The van der Waals surface area contributed by atoms with Crippen molar-refractivity contribution in [3.63, 3.8) is 0 Å². The zero-order chi connectivity index (χ0) is 15.2. The first-order chi connectivity index (χ1) is 10.8. The van der Waals surface area contributed by atoms with E-state index in [1.807, 2.05) is 47.2 Å². The number of nitrogens with zero attached hydrogens (tertiary/aromatic N) is 2. The third-order valence-corrected chi connectivity index (χ3v) is 3.70. The summed E-state index contributed by atoms with van der Waals surface area (Å²) in [5.41, 5.74) is 3.29. The van der Waals surface area contributed by atoms with E-state index in [1.165, 1.54) is 0 Å². The van der Waals surface area contributed by atoms with Crippen molar-refractivity contribution in [3.8, 4) is 11.3 Å². The van der Waals surface area contributed by atoms with Crippen LogP contribution in [0.15, 0.2) is 59.6 Å². The molecule has 0 unspecified atom stereocenters. The Morgan fingerprint density at radius 2 is 1.91 bits per heavy atom. The molecule has 0 aliphatic carbocycles. The number of thiophene rings is 1. The Kier molecular flexibility index (Phi) is 4.41. The Morgan fingerprint density at radius 1 is 1.09 bits per heavy atom. The molecular weight excluding hydrogens is 296 g/mol. The fourth-order valence-corrected chi connectivity index (χ4v) is 2.64.